The molecule has 124 valence electrons. The zero-order chi connectivity index (χ0) is 17.4. The number of pyridine rings is 1. The molecule has 4 aromatic rings. The van der Waals surface area contributed by atoms with E-state index in [4.69, 9.17) is 0 Å². The van der Waals surface area contributed by atoms with Gasteiger partial charge >= 0.3 is 0 Å². The molecule has 0 radical (unpaired) electrons. The molecule has 3 heterocycles. The summed E-state index contributed by atoms with van der Waals surface area (Å²) in [7, 11) is 0. The predicted molar refractivity (Wildman–Crippen MR) is 94.0 cm³/mol. The van der Waals surface area contributed by atoms with E-state index in [1.165, 1.54) is 0 Å². The number of anilines is 1. The van der Waals surface area contributed by atoms with Crippen LogP contribution in [-0.2, 0) is 0 Å². The van der Waals surface area contributed by atoms with Crippen LogP contribution in [0.3, 0.4) is 0 Å². The minimum Gasteiger partial charge on any atom is -0.302 e. The number of fused-ring (bicyclic) bond motifs is 1. The van der Waals surface area contributed by atoms with E-state index >= 15 is 0 Å². The number of carbonyl (C=O) groups excluding carboxylic acids is 1. The van der Waals surface area contributed by atoms with Gasteiger partial charge in [-0.15, -0.1) is 5.10 Å². The number of hydrogen-bond donors (Lipinski definition) is 1. The number of benzene rings is 1. The van der Waals surface area contributed by atoms with Gasteiger partial charge in [-0.1, -0.05) is 18.2 Å². The molecule has 7 nitrogen and oxygen atoms in total. The lowest BCUT2D eigenvalue weighted by Gasteiger charge is -2.08. The number of aromatic nitrogens is 5. The molecule has 0 atom stereocenters. The Balaban J connectivity index is 1.69. The van der Waals surface area contributed by atoms with Gasteiger partial charge in [-0.25, -0.2) is 9.50 Å². The minimum atomic E-state index is -0.237. The van der Waals surface area contributed by atoms with Gasteiger partial charge in [-0.3, -0.25) is 10.1 Å². The van der Waals surface area contributed by atoms with Crippen LogP contribution in [0.1, 0.15) is 21.7 Å². The van der Waals surface area contributed by atoms with E-state index in [9.17, 15) is 4.79 Å². The van der Waals surface area contributed by atoms with Crippen LogP contribution < -0.4 is 5.32 Å². The maximum absolute atomic E-state index is 12.2. The maximum Gasteiger partial charge on any atom is 0.258 e. The minimum absolute atomic E-state index is 0.237. The van der Waals surface area contributed by atoms with Crippen LogP contribution in [0.25, 0.3) is 11.3 Å². The van der Waals surface area contributed by atoms with Crippen molar-refractivity contribution in [1.29, 1.82) is 0 Å². The van der Waals surface area contributed by atoms with E-state index in [0.717, 1.165) is 17.1 Å². The smallest absolute Gasteiger partial charge is 0.258 e. The number of amides is 1. The molecule has 3 aromatic heterocycles. The monoisotopic (exact) mass is 332 g/mol. The molecule has 0 saturated carbocycles. The van der Waals surface area contributed by atoms with E-state index in [2.05, 4.69) is 20.4 Å². The summed E-state index contributed by atoms with van der Waals surface area (Å²) in [6, 6.07) is 10.9. The van der Waals surface area contributed by atoms with Crippen molar-refractivity contribution in [3.8, 4) is 5.69 Å². The molecule has 0 aliphatic carbocycles. The highest BCUT2D eigenvalue weighted by molar-refractivity contribution is 6.03. The SMILES string of the molecule is Cc1cc2nc(NC(=O)c3ccccc3)nn2cc1-n1ccnc1C. The molecule has 4 rings (SSSR count). The molecule has 7 heteroatoms. The Bertz CT molecular complexity index is 1060. The summed E-state index contributed by atoms with van der Waals surface area (Å²) >= 11 is 0. The zero-order valence-electron chi connectivity index (χ0n) is 13.8. The summed E-state index contributed by atoms with van der Waals surface area (Å²) in [5, 5.41) is 7.09. The fourth-order valence-electron chi connectivity index (χ4n) is 2.71. The van der Waals surface area contributed by atoms with Gasteiger partial charge in [0.05, 0.1) is 11.9 Å². The molecule has 0 bridgehead atoms. The third-order valence-corrected chi connectivity index (χ3v) is 4.00. The number of imidazole rings is 1. The number of nitrogens with one attached hydrogen (secondary N) is 1. The van der Waals surface area contributed by atoms with Crippen molar-refractivity contribution in [2.75, 3.05) is 5.32 Å². The molecule has 0 aliphatic heterocycles. The van der Waals surface area contributed by atoms with Crippen molar-refractivity contribution in [3.05, 3.63) is 71.9 Å². The average molecular weight is 332 g/mol. The van der Waals surface area contributed by atoms with Gasteiger partial charge in [0.25, 0.3) is 5.91 Å². The van der Waals surface area contributed by atoms with Gasteiger partial charge in [0.15, 0.2) is 5.65 Å². The molecule has 1 amide bonds. The lowest BCUT2D eigenvalue weighted by atomic mass is 10.2. The lowest BCUT2D eigenvalue weighted by molar-refractivity contribution is 0.102. The van der Waals surface area contributed by atoms with Crippen molar-refractivity contribution in [2.45, 2.75) is 13.8 Å². The Morgan fingerprint density at radius 3 is 2.68 bits per heavy atom. The lowest BCUT2D eigenvalue weighted by Crippen LogP contribution is -2.12. The predicted octanol–water partition coefficient (Wildman–Crippen LogP) is 2.78. The molecule has 1 aromatic carbocycles. The highest BCUT2D eigenvalue weighted by Crippen LogP contribution is 2.18. The van der Waals surface area contributed by atoms with Crippen molar-refractivity contribution < 1.29 is 4.79 Å². The first-order chi connectivity index (χ1) is 12.1. The third-order valence-electron chi connectivity index (χ3n) is 4.00. The third kappa shape index (κ3) is 2.76. The van der Waals surface area contributed by atoms with E-state index < -0.39 is 0 Å². The molecule has 0 aliphatic rings. The van der Waals surface area contributed by atoms with Crippen LogP contribution in [0.5, 0.6) is 0 Å². The summed E-state index contributed by atoms with van der Waals surface area (Å²) in [4.78, 5) is 20.9. The zero-order valence-corrected chi connectivity index (χ0v) is 13.8. The van der Waals surface area contributed by atoms with Crippen molar-refractivity contribution in [2.24, 2.45) is 0 Å². The number of carbonyl (C=O) groups is 1. The molecule has 0 fully saturated rings. The average Bonchev–Trinajstić information content (AvgIpc) is 3.20. The first-order valence-electron chi connectivity index (χ1n) is 7.85. The van der Waals surface area contributed by atoms with Crippen molar-refractivity contribution >= 4 is 17.5 Å². The fraction of sp³-hybridized carbons (Fsp3) is 0.111. The Hall–Kier alpha value is -3.48. The molecule has 0 unspecified atom stereocenters. The van der Waals surface area contributed by atoms with Gasteiger partial charge in [-0.05, 0) is 37.6 Å². The highest BCUT2D eigenvalue weighted by atomic mass is 16.1. The molecule has 0 spiro atoms. The van der Waals surface area contributed by atoms with Gasteiger partial charge in [0.1, 0.15) is 5.82 Å². The maximum atomic E-state index is 12.2. The van der Waals surface area contributed by atoms with Gasteiger partial charge in [0.2, 0.25) is 5.95 Å². The molecule has 25 heavy (non-hydrogen) atoms. The van der Waals surface area contributed by atoms with Gasteiger partial charge in [0, 0.05) is 18.0 Å². The topological polar surface area (TPSA) is 77.1 Å². The van der Waals surface area contributed by atoms with Crippen LogP contribution in [0.2, 0.25) is 0 Å². The van der Waals surface area contributed by atoms with Crippen molar-refractivity contribution in [1.82, 2.24) is 24.1 Å². The number of hydrogen-bond acceptors (Lipinski definition) is 4. The van der Waals surface area contributed by atoms with Crippen LogP contribution >= 0.6 is 0 Å². The summed E-state index contributed by atoms with van der Waals surface area (Å²) < 4.78 is 3.64. The number of aryl methyl sites for hydroxylation is 2. The van der Waals surface area contributed by atoms with Gasteiger partial charge in [-0.2, -0.15) is 4.98 Å². The summed E-state index contributed by atoms with van der Waals surface area (Å²) in [5.41, 5.74) is 3.24. The quantitative estimate of drug-likeness (QED) is 0.626. The van der Waals surface area contributed by atoms with E-state index in [1.54, 1.807) is 22.8 Å². The van der Waals surface area contributed by atoms with Crippen LogP contribution in [0.4, 0.5) is 5.95 Å². The second-order valence-corrected chi connectivity index (χ2v) is 5.74. The van der Waals surface area contributed by atoms with E-state index in [1.807, 2.05) is 55.1 Å². The Kier molecular flexibility index (Phi) is 3.53. The first kappa shape index (κ1) is 15.1. The van der Waals surface area contributed by atoms with E-state index in [0.29, 0.717) is 11.2 Å². The standard InChI is InChI=1S/C18H16N6O/c1-12-10-16-20-18(21-17(25)14-6-4-3-5-7-14)22-24(16)11-15(12)23-9-8-19-13(23)2/h3-11H,1-2H3,(H,21,22,25). The van der Waals surface area contributed by atoms with Gasteiger partial charge < -0.3 is 4.57 Å². The summed E-state index contributed by atoms with van der Waals surface area (Å²) in [5.74, 6) is 0.923. The summed E-state index contributed by atoms with van der Waals surface area (Å²) in [6.45, 7) is 3.95. The molecular weight excluding hydrogens is 316 g/mol. The summed E-state index contributed by atoms with van der Waals surface area (Å²) in [6.07, 6.45) is 5.54. The van der Waals surface area contributed by atoms with Crippen LogP contribution in [0, 0.1) is 13.8 Å². The molecular formula is C18H16N6O. The second kappa shape index (κ2) is 5.86. The first-order valence-corrected chi connectivity index (χ1v) is 7.85. The normalized spacial score (nSPS) is 11.0. The second-order valence-electron chi connectivity index (χ2n) is 5.74. The van der Waals surface area contributed by atoms with E-state index in [-0.39, 0.29) is 11.9 Å². The number of nitrogens with zero attached hydrogens (tertiary/aromatic N) is 5. The molecule has 0 saturated heterocycles. The van der Waals surface area contributed by atoms with Crippen molar-refractivity contribution in [3.63, 3.8) is 0 Å². The Morgan fingerprint density at radius 1 is 1.16 bits per heavy atom. The highest BCUT2D eigenvalue weighted by Gasteiger charge is 2.12. The fourth-order valence-corrected chi connectivity index (χ4v) is 2.71. The Morgan fingerprint density at radius 2 is 1.96 bits per heavy atom. The van der Waals surface area contributed by atoms with Crippen LogP contribution in [0.15, 0.2) is 55.0 Å². The Labute approximate surface area is 144 Å². The largest absolute Gasteiger partial charge is 0.302 e. The molecule has 1 N–H and O–H groups in total. The number of rotatable bonds is 3. The van der Waals surface area contributed by atoms with Crippen LogP contribution in [-0.4, -0.2) is 30.1 Å².